The molecule has 0 aliphatic carbocycles. The lowest BCUT2D eigenvalue weighted by Gasteiger charge is -2.29. The minimum atomic E-state index is -3.45. The van der Waals surface area contributed by atoms with Crippen molar-refractivity contribution < 1.29 is 8.42 Å². The lowest BCUT2D eigenvalue weighted by molar-refractivity contribution is 0.288. The number of halogens is 2. The van der Waals surface area contributed by atoms with Gasteiger partial charge in [0.1, 0.15) is 4.90 Å². The van der Waals surface area contributed by atoms with Gasteiger partial charge in [-0.15, -0.1) is 0 Å². The van der Waals surface area contributed by atoms with E-state index in [9.17, 15) is 8.42 Å². The molecule has 0 unspecified atom stereocenters. The second-order valence-electron chi connectivity index (χ2n) is 4.66. The van der Waals surface area contributed by atoms with Crippen LogP contribution in [0.5, 0.6) is 0 Å². The smallest absolute Gasteiger partial charge is 0.207 e. The highest BCUT2D eigenvalue weighted by Gasteiger charge is 2.29. The van der Waals surface area contributed by atoms with Crippen molar-refractivity contribution in [3.63, 3.8) is 0 Å². The molecule has 1 aromatic rings. The molecule has 100 valence electrons. The van der Waals surface area contributed by atoms with Gasteiger partial charge in [-0.05, 0) is 37.0 Å². The van der Waals surface area contributed by atoms with E-state index in [2.05, 4.69) is 22.9 Å². The van der Waals surface area contributed by atoms with Crippen molar-refractivity contribution in [1.82, 2.24) is 4.31 Å². The fourth-order valence-corrected chi connectivity index (χ4v) is 4.53. The molecule has 1 aliphatic rings. The summed E-state index contributed by atoms with van der Waals surface area (Å²) in [7, 11) is -3.45. The van der Waals surface area contributed by atoms with Crippen LogP contribution in [0.2, 0.25) is 5.02 Å². The molecule has 0 radical (unpaired) electrons. The highest BCUT2D eigenvalue weighted by molar-refractivity contribution is 9.10. The number of nitrogens with zero attached hydrogens (tertiary/aromatic N) is 1. The van der Waals surface area contributed by atoms with Gasteiger partial charge < -0.3 is 0 Å². The summed E-state index contributed by atoms with van der Waals surface area (Å²) < 4.78 is 27.2. The van der Waals surface area contributed by atoms with Gasteiger partial charge in [-0.2, -0.15) is 4.31 Å². The molecule has 1 heterocycles. The van der Waals surface area contributed by atoms with Gasteiger partial charge in [0.25, 0.3) is 0 Å². The maximum atomic E-state index is 12.5. The normalized spacial score (nSPS) is 19.1. The van der Waals surface area contributed by atoms with Gasteiger partial charge in [0, 0.05) is 17.6 Å². The Balaban J connectivity index is 2.30. The quantitative estimate of drug-likeness (QED) is 0.816. The van der Waals surface area contributed by atoms with E-state index >= 15 is 0 Å². The van der Waals surface area contributed by atoms with Gasteiger partial charge in [0.15, 0.2) is 0 Å². The summed E-state index contributed by atoms with van der Waals surface area (Å²) in [5.74, 6) is 0.594. The molecule has 1 fully saturated rings. The standard InChI is InChI=1S/C12H15BrClNO2S/c1-9-4-6-15(7-5-9)18(16,17)12-3-2-10(13)8-11(12)14/h2-3,8-9H,4-7H2,1H3. The Morgan fingerprint density at radius 1 is 1.33 bits per heavy atom. The third-order valence-electron chi connectivity index (χ3n) is 3.25. The van der Waals surface area contributed by atoms with Crippen LogP contribution in [0.1, 0.15) is 19.8 Å². The molecule has 18 heavy (non-hydrogen) atoms. The molecule has 3 nitrogen and oxygen atoms in total. The predicted molar refractivity (Wildman–Crippen MR) is 76.3 cm³/mol. The third-order valence-corrected chi connectivity index (χ3v) is 6.13. The number of rotatable bonds is 2. The highest BCUT2D eigenvalue weighted by Crippen LogP contribution is 2.29. The largest absolute Gasteiger partial charge is 0.244 e. The Morgan fingerprint density at radius 2 is 1.94 bits per heavy atom. The van der Waals surface area contributed by atoms with Crippen LogP contribution >= 0.6 is 27.5 Å². The lowest BCUT2D eigenvalue weighted by Crippen LogP contribution is -2.37. The minimum absolute atomic E-state index is 0.196. The average molecular weight is 353 g/mol. The second kappa shape index (κ2) is 5.49. The molecule has 0 aromatic heterocycles. The van der Waals surface area contributed by atoms with Gasteiger partial charge in [0.05, 0.1) is 5.02 Å². The first-order valence-electron chi connectivity index (χ1n) is 5.86. The molecular formula is C12H15BrClNO2S. The average Bonchev–Trinajstić information content (AvgIpc) is 2.29. The van der Waals surface area contributed by atoms with Gasteiger partial charge >= 0.3 is 0 Å². The number of hydrogen-bond donors (Lipinski definition) is 0. The molecule has 2 rings (SSSR count). The number of piperidine rings is 1. The highest BCUT2D eigenvalue weighted by atomic mass is 79.9. The summed E-state index contributed by atoms with van der Waals surface area (Å²) >= 11 is 9.30. The molecule has 0 spiro atoms. The Kier molecular flexibility index (Phi) is 4.36. The van der Waals surface area contributed by atoms with E-state index in [-0.39, 0.29) is 9.92 Å². The summed E-state index contributed by atoms with van der Waals surface area (Å²) in [6.45, 7) is 3.31. The number of sulfonamides is 1. The Hall–Kier alpha value is -0.100. The van der Waals surface area contributed by atoms with Crippen LogP contribution in [0.4, 0.5) is 0 Å². The van der Waals surface area contributed by atoms with Gasteiger partial charge in [-0.1, -0.05) is 34.5 Å². The van der Waals surface area contributed by atoms with Crippen molar-refractivity contribution in [1.29, 1.82) is 0 Å². The Bertz CT molecular complexity index is 539. The first-order valence-corrected chi connectivity index (χ1v) is 8.47. The van der Waals surface area contributed by atoms with Crippen LogP contribution in [0.25, 0.3) is 0 Å². The van der Waals surface area contributed by atoms with Gasteiger partial charge in [0.2, 0.25) is 10.0 Å². The summed E-state index contributed by atoms with van der Waals surface area (Å²) in [4.78, 5) is 0.196. The first-order chi connectivity index (χ1) is 8.41. The van der Waals surface area contributed by atoms with Crippen LogP contribution < -0.4 is 0 Å². The summed E-state index contributed by atoms with van der Waals surface area (Å²) in [6.07, 6.45) is 1.82. The topological polar surface area (TPSA) is 37.4 Å². The predicted octanol–water partition coefficient (Wildman–Crippen LogP) is 3.52. The molecule has 0 saturated carbocycles. The fraction of sp³-hybridized carbons (Fsp3) is 0.500. The zero-order valence-electron chi connectivity index (χ0n) is 10.1. The summed E-state index contributed by atoms with van der Waals surface area (Å²) in [5.41, 5.74) is 0. The zero-order chi connectivity index (χ0) is 13.3. The maximum Gasteiger partial charge on any atom is 0.244 e. The van der Waals surface area contributed by atoms with Crippen molar-refractivity contribution in [3.8, 4) is 0 Å². The van der Waals surface area contributed by atoms with E-state index in [1.54, 1.807) is 18.2 Å². The SMILES string of the molecule is CC1CCN(S(=O)(=O)c2ccc(Br)cc2Cl)CC1. The molecule has 6 heteroatoms. The number of hydrogen-bond acceptors (Lipinski definition) is 2. The summed E-state index contributed by atoms with van der Waals surface area (Å²) in [6, 6.07) is 4.87. The zero-order valence-corrected chi connectivity index (χ0v) is 13.2. The van der Waals surface area contributed by atoms with E-state index in [1.165, 1.54) is 4.31 Å². The van der Waals surface area contributed by atoms with Crippen LogP contribution in [-0.4, -0.2) is 25.8 Å². The molecule has 0 N–H and O–H groups in total. The molecule has 0 atom stereocenters. The Morgan fingerprint density at radius 3 is 2.50 bits per heavy atom. The molecular weight excluding hydrogens is 338 g/mol. The number of benzene rings is 1. The van der Waals surface area contributed by atoms with Crippen LogP contribution in [-0.2, 0) is 10.0 Å². The monoisotopic (exact) mass is 351 g/mol. The van der Waals surface area contributed by atoms with Crippen LogP contribution in [0.15, 0.2) is 27.6 Å². The van der Waals surface area contributed by atoms with Crippen molar-refractivity contribution in [3.05, 3.63) is 27.7 Å². The third kappa shape index (κ3) is 2.90. The van der Waals surface area contributed by atoms with Crippen molar-refractivity contribution in [2.45, 2.75) is 24.7 Å². The maximum absolute atomic E-state index is 12.5. The van der Waals surface area contributed by atoms with Crippen molar-refractivity contribution >= 4 is 37.6 Å². The van der Waals surface area contributed by atoms with E-state index in [0.717, 1.165) is 17.3 Å². The van der Waals surface area contributed by atoms with Gasteiger partial charge in [-0.25, -0.2) is 8.42 Å². The molecule has 0 amide bonds. The summed E-state index contributed by atoms with van der Waals surface area (Å²) in [5, 5.41) is 0.267. The van der Waals surface area contributed by atoms with E-state index < -0.39 is 10.0 Å². The van der Waals surface area contributed by atoms with Gasteiger partial charge in [-0.3, -0.25) is 0 Å². The van der Waals surface area contributed by atoms with Crippen molar-refractivity contribution in [2.24, 2.45) is 5.92 Å². The lowest BCUT2D eigenvalue weighted by atomic mass is 10.0. The van der Waals surface area contributed by atoms with E-state index in [1.807, 2.05) is 0 Å². The van der Waals surface area contributed by atoms with E-state index in [0.29, 0.717) is 19.0 Å². The van der Waals surface area contributed by atoms with Crippen molar-refractivity contribution in [2.75, 3.05) is 13.1 Å². The minimum Gasteiger partial charge on any atom is -0.207 e. The van der Waals surface area contributed by atoms with E-state index in [4.69, 9.17) is 11.6 Å². The molecule has 1 saturated heterocycles. The molecule has 1 aliphatic heterocycles. The molecule has 0 bridgehead atoms. The second-order valence-corrected chi connectivity index (χ2v) is 7.89. The molecule has 1 aromatic carbocycles. The Labute approximate surface area is 121 Å². The van der Waals surface area contributed by atoms with Crippen LogP contribution in [0.3, 0.4) is 0 Å². The first kappa shape index (κ1) is 14.3. The fourth-order valence-electron chi connectivity index (χ4n) is 2.05. The van der Waals surface area contributed by atoms with Crippen LogP contribution in [0, 0.1) is 5.92 Å².